The highest BCUT2D eigenvalue weighted by Crippen LogP contribution is 2.29. The number of hydrogen-bond donors (Lipinski definition) is 1. The topological polar surface area (TPSA) is 97.1 Å². The van der Waals surface area contributed by atoms with Crippen LogP contribution in [0.5, 0.6) is 5.88 Å². The van der Waals surface area contributed by atoms with Crippen molar-refractivity contribution >= 4 is 11.3 Å². The SMILES string of the molecule is CC.Cc1nnc2cc(N3CC=CCC3)c(OCc3ncn[nH]3)nn12. The number of aromatic amines is 1. The van der Waals surface area contributed by atoms with Gasteiger partial charge < -0.3 is 9.64 Å². The van der Waals surface area contributed by atoms with Gasteiger partial charge >= 0.3 is 0 Å². The van der Waals surface area contributed by atoms with Crippen LogP contribution in [-0.4, -0.2) is 48.1 Å². The van der Waals surface area contributed by atoms with Crippen molar-refractivity contribution in [2.75, 3.05) is 18.0 Å². The highest BCUT2D eigenvalue weighted by Gasteiger charge is 2.18. The second-order valence-electron chi connectivity index (χ2n) is 5.28. The van der Waals surface area contributed by atoms with E-state index in [-0.39, 0.29) is 6.61 Å². The molecule has 1 aliphatic heterocycles. The van der Waals surface area contributed by atoms with Crippen LogP contribution in [0.3, 0.4) is 0 Å². The maximum Gasteiger partial charge on any atom is 0.256 e. The number of ether oxygens (including phenoxy) is 1. The third-order valence-corrected chi connectivity index (χ3v) is 3.71. The Kier molecular flexibility index (Phi) is 5.22. The Hall–Kier alpha value is -2.97. The Bertz CT molecular complexity index is 839. The fourth-order valence-electron chi connectivity index (χ4n) is 2.54. The molecule has 4 heterocycles. The number of aromatic nitrogens is 7. The summed E-state index contributed by atoms with van der Waals surface area (Å²) in [6.07, 6.45) is 6.77. The maximum absolute atomic E-state index is 5.88. The molecule has 4 rings (SSSR count). The molecular formula is C16H22N8O. The first-order chi connectivity index (χ1) is 12.3. The van der Waals surface area contributed by atoms with Gasteiger partial charge in [-0.3, -0.25) is 5.10 Å². The molecule has 132 valence electrons. The summed E-state index contributed by atoms with van der Waals surface area (Å²) >= 11 is 0. The molecule has 0 aromatic carbocycles. The van der Waals surface area contributed by atoms with Crippen molar-refractivity contribution in [1.82, 2.24) is 35.0 Å². The van der Waals surface area contributed by atoms with E-state index in [1.807, 2.05) is 26.8 Å². The smallest absolute Gasteiger partial charge is 0.256 e. The number of nitrogens with one attached hydrogen (secondary N) is 1. The number of rotatable bonds is 4. The normalized spacial score (nSPS) is 13.6. The summed E-state index contributed by atoms with van der Waals surface area (Å²) < 4.78 is 7.56. The second kappa shape index (κ2) is 7.73. The lowest BCUT2D eigenvalue weighted by Gasteiger charge is -2.26. The van der Waals surface area contributed by atoms with Crippen molar-refractivity contribution in [2.45, 2.75) is 33.8 Å². The van der Waals surface area contributed by atoms with E-state index < -0.39 is 0 Å². The van der Waals surface area contributed by atoms with Crippen LogP contribution >= 0.6 is 0 Å². The molecule has 9 heteroatoms. The van der Waals surface area contributed by atoms with E-state index >= 15 is 0 Å². The molecule has 0 bridgehead atoms. The predicted molar refractivity (Wildman–Crippen MR) is 93.6 cm³/mol. The third kappa shape index (κ3) is 3.59. The first kappa shape index (κ1) is 16.9. The van der Waals surface area contributed by atoms with Crippen LogP contribution in [0.4, 0.5) is 5.69 Å². The number of hydrogen-bond acceptors (Lipinski definition) is 7. The molecule has 0 fully saturated rings. The van der Waals surface area contributed by atoms with Crippen LogP contribution in [0.1, 0.15) is 31.9 Å². The Morgan fingerprint density at radius 2 is 2.12 bits per heavy atom. The van der Waals surface area contributed by atoms with Crippen LogP contribution in [0.25, 0.3) is 5.65 Å². The monoisotopic (exact) mass is 342 g/mol. The molecule has 0 amide bonds. The Balaban J connectivity index is 0.000000880. The van der Waals surface area contributed by atoms with Gasteiger partial charge in [0, 0.05) is 19.2 Å². The van der Waals surface area contributed by atoms with Crippen molar-refractivity contribution in [2.24, 2.45) is 0 Å². The average Bonchev–Trinajstić information content (AvgIpc) is 3.32. The third-order valence-electron chi connectivity index (χ3n) is 3.71. The van der Waals surface area contributed by atoms with Gasteiger partial charge in [-0.05, 0) is 13.3 Å². The molecule has 0 unspecified atom stereocenters. The van der Waals surface area contributed by atoms with E-state index in [4.69, 9.17) is 4.74 Å². The zero-order valence-corrected chi connectivity index (χ0v) is 14.7. The van der Waals surface area contributed by atoms with Gasteiger partial charge in [0.05, 0.1) is 0 Å². The lowest BCUT2D eigenvalue weighted by Crippen LogP contribution is -2.27. The number of nitrogens with zero attached hydrogens (tertiary/aromatic N) is 7. The van der Waals surface area contributed by atoms with Gasteiger partial charge in [-0.25, -0.2) is 4.98 Å². The summed E-state index contributed by atoms with van der Waals surface area (Å²) in [5, 5.41) is 19.4. The first-order valence-corrected chi connectivity index (χ1v) is 8.41. The molecular weight excluding hydrogens is 320 g/mol. The number of H-pyrrole nitrogens is 1. The summed E-state index contributed by atoms with van der Waals surface area (Å²) in [6.45, 7) is 7.87. The first-order valence-electron chi connectivity index (χ1n) is 8.41. The maximum atomic E-state index is 5.88. The van der Waals surface area contributed by atoms with Crippen LogP contribution < -0.4 is 9.64 Å². The summed E-state index contributed by atoms with van der Waals surface area (Å²) in [7, 11) is 0. The average molecular weight is 342 g/mol. The molecule has 0 saturated heterocycles. The Morgan fingerprint density at radius 3 is 2.84 bits per heavy atom. The predicted octanol–water partition coefficient (Wildman–Crippen LogP) is 1.92. The lowest BCUT2D eigenvalue weighted by atomic mass is 10.2. The Labute approximate surface area is 145 Å². The van der Waals surface area contributed by atoms with Gasteiger partial charge in [-0.2, -0.15) is 9.61 Å². The molecule has 3 aromatic heterocycles. The van der Waals surface area contributed by atoms with Crippen molar-refractivity contribution in [3.63, 3.8) is 0 Å². The van der Waals surface area contributed by atoms with E-state index in [1.165, 1.54) is 6.33 Å². The van der Waals surface area contributed by atoms with E-state index in [2.05, 4.69) is 47.5 Å². The van der Waals surface area contributed by atoms with Gasteiger partial charge in [0.1, 0.15) is 18.6 Å². The molecule has 0 saturated carbocycles. The Morgan fingerprint density at radius 1 is 1.24 bits per heavy atom. The number of aryl methyl sites for hydroxylation is 1. The molecule has 25 heavy (non-hydrogen) atoms. The molecule has 1 aliphatic rings. The van der Waals surface area contributed by atoms with Crippen molar-refractivity contribution in [3.05, 3.63) is 36.2 Å². The van der Waals surface area contributed by atoms with Gasteiger partial charge in [0.2, 0.25) is 0 Å². The summed E-state index contributed by atoms with van der Waals surface area (Å²) in [5.74, 6) is 1.90. The lowest BCUT2D eigenvalue weighted by molar-refractivity contribution is 0.280. The molecule has 0 radical (unpaired) electrons. The second-order valence-corrected chi connectivity index (χ2v) is 5.28. The minimum absolute atomic E-state index is 0.274. The molecule has 3 aromatic rings. The van der Waals surface area contributed by atoms with Crippen molar-refractivity contribution in [3.8, 4) is 5.88 Å². The fraction of sp³-hybridized carbons (Fsp3) is 0.438. The highest BCUT2D eigenvalue weighted by atomic mass is 16.5. The molecule has 9 nitrogen and oxygen atoms in total. The zero-order chi connectivity index (χ0) is 17.6. The molecule has 0 atom stereocenters. The van der Waals surface area contributed by atoms with Crippen LogP contribution in [0, 0.1) is 6.92 Å². The van der Waals surface area contributed by atoms with Gasteiger partial charge in [0.25, 0.3) is 5.88 Å². The number of fused-ring (bicyclic) bond motifs is 1. The van der Waals surface area contributed by atoms with Crippen LogP contribution in [0.15, 0.2) is 24.5 Å². The standard InChI is InChI=1S/C14H16N8O.C2H6/c1-10-17-19-13-7-11(21-5-3-2-4-6-21)14(20-22(10)13)23-8-12-15-9-16-18-12;1-2/h2-3,7,9H,4-6,8H2,1H3,(H,15,16,18);1-2H3. The van der Waals surface area contributed by atoms with Crippen LogP contribution in [0.2, 0.25) is 0 Å². The van der Waals surface area contributed by atoms with Gasteiger partial charge in [-0.15, -0.1) is 15.3 Å². The van der Waals surface area contributed by atoms with E-state index in [9.17, 15) is 0 Å². The summed E-state index contributed by atoms with van der Waals surface area (Å²) in [6, 6.07) is 1.96. The zero-order valence-electron chi connectivity index (χ0n) is 14.7. The molecule has 0 aliphatic carbocycles. The minimum atomic E-state index is 0.274. The largest absolute Gasteiger partial charge is 0.467 e. The van der Waals surface area contributed by atoms with E-state index in [1.54, 1.807) is 4.52 Å². The number of anilines is 1. The van der Waals surface area contributed by atoms with E-state index in [0.29, 0.717) is 17.4 Å². The quantitative estimate of drug-likeness (QED) is 0.723. The van der Waals surface area contributed by atoms with Crippen molar-refractivity contribution in [1.29, 1.82) is 0 Å². The van der Waals surface area contributed by atoms with E-state index in [0.717, 1.165) is 31.0 Å². The van der Waals surface area contributed by atoms with Gasteiger partial charge in [0.15, 0.2) is 17.3 Å². The molecule has 1 N–H and O–H groups in total. The van der Waals surface area contributed by atoms with Crippen molar-refractivity contribution < 1.29 is 4.74 Å². The fourth-order valence-corrected chi connectivity index (χ4v) is 2.54. The minimum Gasteiger partial charge on any atom is -0.467 e. The summed E-state index contributed by atoms with van der Waals surface area (Å²) in [4.78, 5) is 6.28. The summed E-state index contributed by atoms with van der Waals surface area (Å²) in [5.41, 5.74) is 1.62. The van der Waals surface area contributed by atoms with Gasteiger partial charge in [-0.1, -0.05) is 26.0 Å². The molecule has 0 spiro atoms. The highest BCUT2D eigenvalue weighted by molar-refractivity contribution is 5.62. The van der Waals surface area contributed by atoms with Crippen LogP contribution in [-0.2, 0) is 6.61 Å².